The molecular weight excluding hydrogens is 156 g/mol. The SMILES string of the molecule is Cc1csc([C@@H]2CCCN2)n1. The topological polar surface area (TPSA) is 24.9 Å². The van der Waals surface area contributed by atoms with Gasteiger partial charge in [0.25, 0.3) is 0 Å². The van der Waals surface area contributed by atoms with E-state index in [1.807, 2.05) is 0 Å². The molecule has 0 amide bonds. The molecule has 0 radical (unpaired) electrons. The van der Waals surface area contributed by atoms with Crippen molar-refractivity contribution in [2.45, 2.75) is 25.8 Å². The van der Waals surface area contributed by atoms with E-state index in [0.717, 1.165) is 12.2 Å². The standard InChI is InChI=1S/C8H12N2S/c1-6-5-11-8(10-6)7-3-2-4-9-7/h5,7,9H,2-4H2,1H3/t7-/m0/s1. The van der Waals surface area contributed by atoms with Gasteiger partial charge in [-0.15, -0.1) is 11.3 Å². The molecule has 11 heavy (non-hydrogen) atoms. The third kappa shape index (κ3) is 1.44. The highest BCUT2D eigenvalue weighted by atomic mass is 32.1. The molecule has 0 spiro atoms. The molecule has 0 aliphatic carbocycles. The summed E-state index contributed by atoms with van der Waals surface area (Å²) in [5, 5.41) is 6.82. The molecule has 1 atom stereocenters. The molecule has 1 saturated heterocycles. The maximum atomic E-state index is 4.45. The first-order chi connectivity index (χ1) is 5.36. The van der Waals surface area contributed by atoms with Crippen LogP contribution < -0.4 is 5.32 Å². The third-order valence-electron chi connectivity index (χ3n) is 2.00. The summed E-state index contributed by atoms with van der Waals surface area (Å²) in [6, 6.07) is 0.550. The van der Waals surface area contributed by atoms with Crippen molar-refractivity contribution < 1.29 is 0 Å². The van der Waals surface area contributed by atoms with Crippen molar-refractivity contribution in [2.75, 3.05) is 6.54 Å². The van der Waals surface area contributed by atoms with Crippen LogP contribution in [0.2, 0.25) is 0 Å². The number of nitrogens with zero attached hydrogens (tertiary/aromatic N) is 1. The quantitative estimate of drug-likeness (QED) is 0.692. The summed E-state index contributed by atoms with van der Waals surface area (Å²) < 4.78 is 0. The van der Waals surface area contributed by atoms with Gasteiger partial charge in [0.1, 0.15) is 5.01 Å². The van der Waals surface area contributed by atoms with Crippen LogP contribution in [0.4, 0.5) is 0 Å². The van der Waals surface area contributed by atoms with Crippen LogP contribution in [-0.4, -0.2) is 11.5 Å². The van der Waals surface area contributed by atoms with Crippen LogP contribution in [0.25, 0.3) is 0 Å². The van der Waals surface area contributed by atoms with Crippen molar-refractivity contribution in [1.82, 2.24) is 10.3 Å². The molecule has 1 fully saturated rings. The summed E-state index contributed by atoms with van der Waals surface area (Å²) in [6.45, 7) is 3.21. The Balaban J connectivity index is 2.15. The van der Waals surface area contributed by atoms with Crippen molar-refractivity contribution in [3.8, 4) is 0 Å². The minimum atomic E-state index is 0.550. The maximum Gasteiger partial charge on any atom is 0.110 e. The van der Waals surface area contributed by atoms with Gasteiger partial charge in [0.05, 0.1) is 6.04 Å². The van der Waals surface area contributed by atoms with Gasteiger partial charge in [0.15, 0.2) is 0 Å². The summed E-state index contributed by atoms with van der Waals surface area (Å²) in [6.07, 6.45) is 2.55. The van der Waals surface area contributed by atoms with Crippen molar-refractivity contribution in [2.24, 2.45) is 0 Å². The lowest BCUT2D eigenvalue weighted by Crippen LogP contribution is -2.12. The fraction of sp³-hybridized carbons (Fsp3) is 0.625. The maximum absolute atomic E-state index is 4.45. The lowest BCUT2D eigenvalue weighted by atomic mass is 10.2. The summed E-state index contributed by atoms with van der Waals surface area (Å²) in [5.74, 6) is 0. The predicted molar refractivity (Wildman–Crippen MR) is 46.8 cm³/mol. The van der Waals surface area contributed by atoms with Crippen LogP contribution in [0.1, 0.15) is 29.6 Å². The summed E-state index contributed by atoms with van der Waals surface area (Å²) in [7, 11) is 0. The minimum absolute atomic E-state index is 0.550. The van der Waals surface area contributed by atoms with Gasteiger partial charge in [0.2, 0.25) is 0 Å². The third-order valence-corrected chi connectivity index (χ3v) is 3.07. The number of hydrogen-bond donors (Lipinski definition) is 1. The molecule has 2 heterocycles. The van der Waals surface area contributed by atoms with E-state index in [9.17, 15) is 0 Å². The number of thiazole rings is 1. The summed E-state index contributed by atoms with van der Waals surface area (Å²) in [5.41, 5.74) is 1.15. The van der Waals surface area contributed by atoms with Crippen LogP contribution in [0.5, 0.6) is 0 Å². The van der Waals surface area contributed by atoms with Crippen molar-refractivity contribution in [3.63, 3.8) is 0 Å². The number of nitrogens with one attached hydrogen (secondary N) is 1. The Morgan fingerprint density at radius 1 is 1.73 bits per heavy atom. The fourth-order valence-corrected chi connectivity index (χ4v) is 2.33. The Hall–Kier alpha value is -0.410. The zero-order chi connectivity index (χ0) is 7.68. The van der Waals surface area contributed by atoms with Gasteiger partial charge < -0.3 is 5.32 Å². The van der Waals surface area contributed by atoms with Crippen molar-refractivity contribution in [1.29, 1.82) is 0 Å². The molecule has 0 saturated carbocycles. The first kappa shape index (κ1) is 7.25. The molecule has 0 aromatic carbocycles. The molecule has 1 N–H and O–H groups in total. The lowest BCUT2D eigenvalue weighted by molar-refractivity contribution is 0.641. The van der Waals surface area contributed by atoms with E-state index in [1.54, 1.807) is 11.3 Å². The molecule has 1 aromatic rings. The van der Waals surface area contributed by atoms with Gasteiger partial charge in [0, 0.05) is 11.1 Å². The zero-order valence-corrected chi connectivity index (χ0v) is 7.45. The van der Waals surface area contributed by atoms with Crippen LogP contribution in [0, 0.1) is 6.92 Å². The molecule has 2 nitrogen and oxygen atoms in total. The normalized spacial score (nSPS) is 24.3. The molecular formula is C8H12N2S. The average Bonchev–Trinajstić information content (AvgIpc) is 2.55. The van der Waals surface area contributed by atoms with Gasteiger partial charge in [-0.2, -0.15) is 0 Å². The van der Waals surface area contributed by atoms with E-state index < -0.39 is 0 Å². The molecule has 1 aromatic heterocycles. The molecule has 2 rings (SSSR count). The Morgan fingerprint density at radius 2 is 2.64 bits per heavy atom. The van der Waals surface area contributed by atoms with Crippen LogP contribution in [0.3, 0.4) is 0 Å². The van der Waals surface area contributed by atoms with Gasteiger partial charge >= 0.3 is 0 Å². The molecule has 1 aliphatic heterocycles. The highest BCUT2D eigenvalue weighted by Gasteiger charge is 2.18. The van der Waals surface area contributed by atoms with Crippen LogP contribution in [-0.2, 0) is 0 Å². The van der Waals surface area contributed by atoms with E-state index >= 15 is 0 Å². The van der Waals surface area contributed by atoms with Crippen LogP contribution >= 0.6 is 11.3 Å². The molecule has 0 unspecified atom stereocenters. The van der Waals surface area contributed by atoms with E-state index in [4.69, 9.17) is 0 Å². The molecule has 60 valence electrons. The average molecular weight is 168 g/mol. The number of hydrogen-bond acceptors (Lipinski definition) is 3. The largest absolute Gasteiger partial charge is 0.308 e. The first-order valence-electron chi connectivity index (χ1n) is 4.01. The summed E-state index contributed by atoms with van der Waals surface area (Å²) in [4.78, 5) is 4.45. The van der Waals surface area contributed by atoms with E-state index in [-0.39, 0.29) is 0 Å². The van der Waals surface area contributed by atoms with E-state index in [2.05, 4.69) is 22.6 Å². The van der Waals surface area contributed by atoms with Crippen LogP contribution in [0.15, 0.2) is 5.38 Å². The predicted octanol–water partition coefficient (Wildman–Crippen LogP) is 1.88. The van der Waals surface area contributed by atoms with Gasteiger partial charge in [-0.25, -0.2) is 4.98 Å². The second kappa shape index (κ2) is 2.91. The van der Waals surface area contributed by atoms with Crippen molar-refractivity contribution >= 4 is 11.3 Å². The number of rotatable bonds is 1. The highest BCUT2D eigenvalue weighted by molar-refractivity contribution is 7.09. The van der Waals surface area contributed by atoms with E-state index in [0.29, 0.717) is 6.04 Å². The lowest BCUT2D eigenvalue weighted by Gasteiger charge is -2.03. The second-order valence-corrected chi connectivity index (χ2v) is 3.87. The number of aromatic nitrogens is 1. The Labute approximate surface area is 70.7 Å². The Bertz CT molecular complexity index is 238. The monoisotopic (exact) mass is 168 g/mol. The minimum Gasteiger partial charge on any atom is -0.308 e. The Kier molecular flexibility index (Phi) is 1.92. The molecule has 0 bridgehead atoms. The molecule has 3 heteroatoms. The number of aryl methyl sites for hydroxylation is 1. The van der Waals surface area contributed by atoms with Gasteiger partial charge in [-0.1, -0.05) is 0 Å². The zero-order valence-electron chi connectivity index (χ0n) is 6.63. The van der Waals surface area contributed by atoms with E-state index in [1.165, 1.54) is 17.8 Å². The fourth-order valence-electron chi connectivity index (χ4n) is 1.43. The van der Waals surface area contributed by atoms with Gasteiger partial charge in [-0.3, -0.25) is 0 Å². The van der Waals surface area contributed by atoms with Gasteiger partial charge in [-0.05, 0) is 26.3 Å². The first-order valence-corrected chi connectivity index (χ1v) is 4.89. The highest BCUT2D eigenvalue weighted by Crippen LogP contribution is 2.25. The smallest absolute Gasteiger partial charge is 0.110 e. The molecule has 1 aliphatic rings. The second-order valence-electron chi connectivity index (χ2n) is 2.98. The van der Waals surface area contributed by atoms with Crippen molar-refractivity contribution in [3.05, 3.63) is 16.1 Å². The summed E-state index contributed by atoms with van der Waals surface area (Å²) >= 11 is 1.77. The Morgan fingerprint density at radius 3 is 3.18 bits per heavy atom.